The second-order valence-electron chi connectivity index (χ2n) is 3.19. The summed E-state index contributed by atoms with van der Waals surface area (Å²) in [6.07, 6.45) is 3.60. The zero-order valence-corrected chi connectivity index (χ0v) is 8.65. The van der Waals surface area contributed by atoms with E-state index >= 15 is 0 Å². The van der Waals surface area contributed by atoms with Gasteiger partial charge >= 0.3 is 0 Å². The van der Waals surface area contributed by atoms with E-state index in [1.54, 1.807) is 6.20 Å². The molecule has 2 rings (SSSR count). The molecule has 14 heavy (non-hydrogen) atoms. The molecule has 0 N–H and O–H groups in total. The van der Waals surface area contributed by atoms with Crippen LogP contribution in [-0.4, -0.2) is 9.55 Å². The Balaban J connectivity index is 2.34. The van der Waals surface area contributed by atoms with Crippen LogP contribution in [0.2, 0.25) is 5.28 Å². The Morgan fingerprint density at radius 3 is 2.57 bits per heavy atom. The van der Waals surface area contributed by atoms with E-state index in [2.05, 4.69) is 24.0 Å². The van der Waals surface area contributed by atoms with Gasteiger partial charge in [0.2, 0.25) is 5.28 Å². The van der Waals surface area contributed by atoms with Gasteiger partial charge in [0, 0.05) is 12.4 Å². The molecule has 1 aromatic heterocycles. The smallest absolute Gasteiger partial charge is 0.203 e. The highest BCUT2D eigenvalue weighted by molar-refractivity contribution is 6.28. The molecule has 0 fully saturated rings. The lowest BCUT2D eigenvalue weighted by Crippen LogP contribution is -2.05. The molecule has 0 aliphatic rings. The maximum absolute atomic E-state index is 5.94. The van der Waals surface area contributed by atoms with E-state index in [0.29, 0.717) is 5.28 Å². The Hall–Kier alpha value is -1.28. The van der Waals surface area contributed by atoms with Crippen LogP contribution in [-0.2, 0) is 0 Å². The zero-order valence-electron chi connectivity index (χ0n) is 7.89. The summed E-state index contributed by atoms with van der Waals surface area (Å²) >= 11 is 5.94. The van der Waals surface area contributed by atoms with E-state index in [1.165, 1.54) is 5.56 Å². The number of aromatic nitrogens is 2. The first-order valence-corrected chi connectivity index (χ1v) is 4.90. The average Bonchev–Trinajstić information content (AvgIpc) is 2.65. The van der Waals surface area contributed by atoms with E-state index in [4.69, 9.17) is 11.6 Å². The van der Waals surface area contributed by atoms with Gasteiger partial charge in [-0.2, -0.15) is 0 Å². The minimum absolute atomic E-state index is 0.228. The fourth-order valence-corrected chi connectivity index (χ4v) is 1.73. The number of hydrogen-bond donors (Lipinski definition) is 0. The zero-order chi connectivity index (χ0) is 9.97. The third-order valence-corrected chi connectivity index (χ3v) is 2.61. The summed E-state index contributed by atoms with van der Waals surface area (Å²) in [5, 5.41) is 0.529. The molecular formula is C11H11ClN2. The van der Waals surface area contributed by atoms with Crippen molar-refractivity contribution in [3.8, 4) is 0 Å². The first-order valence-electron chi connectivity index (χ1n) is 4.52. The summed E-state index contributed by atoms with van der Waals surface area (Å²) in [6.45, 7) is 2.10. The van der Waals surface area contributed by atoms with Gasteiger partial charge in [0.25, 0.3) is 0 Å². The fourth-order valence-electron chi connectivity index (χ4n) is 1.48. The van der Waals surface area contributed by atoms with Gasteiger partial charge in [0.1, 0.15) is 0 Å². The van der Waals surface area contributed by atoms with Crippen molar-refractivity contribution in [1.82, 2.24) is 9.55 Å². The lowest BCUT2D eigenvalue weighted by Gasteiger charge is -2.14. The number of hydrogen-bond acceptors (Lipinski definition) is 1. The number of imidazole rings is 1. The van der Waals surface area contributed by atoms with Crippen LogP contribution >= 0.6 is 11.6 Å². The lowest BCUT2D eigenvalue weighted by atomic mass is 10.1. The van der Waals surface area contributed by atoms with Crippen molar-refractivity contribution < 1.29 is 0 Å². The van der Waals surface area contributed by atoms with E-state index in [9.17, 15) is 0 Å². The summed E-state index contributed by atoms with van der Waals surface area (Å²) in [7, 11) is 0. The maximum atomic E-state index is 5.94. The maximum Gasteiger partial charge on any atom is 0.203 e. The molecule has 0 bridgehead atoms. The van der Waals surface area contributed by atoms with Gasteiger partial charge < -0.3 is 4.57 Å². The van der Waals surface area contributed by atoms with Gasteiger partial charge in [-0.05, 0) is 24.1 Å². The Labute approximate surface area is 88.2 Å². The van der Waals surface area contributed by atoms with Crippen molar-refractivity contribution in [2.45, 2.75) is 13.0 Å². The number of benzene rings is 1. The summed E-state index contributed by atoms with van der Waals surface area (Å²) in [6, 6.07) is 10.5. The highest BCUT2D eigenvalue weighted by Crippen LogP contribution is 2.20. The Morgan fingerprint density at radius 2 is 2.00 bits per heavy atom. The van der Waals surface area contributed by atoms with Crippen molar-refractivity contribution in [2.24, 2.45) is 0 Å². The van der Waals surface area contributed by atoms with Gasteiger partial charge in [-0.15, -0.1) is 0 Å². The standard InChI is InChI=1S/C11H11ClN2/c1-9(10-5-3-2-4-6-10)14-8-7-13-11(14)12/h2-9H,1H3. The largest absolute Gasteiger partial charge is 0.315 e. The minimum atomic E-state index is 0.228. The van der Waals surface area contributed by atoms with Crippen LogP contribution < -0.4 is 0 Å². The monoisotopic (exact) mass is 206 g/mol. The van der Waals surface area contributed by atoms with Gasteiger partial charge in [-0.25, -0.2) is 4.98 Å². The Morgan fingerprint density at radius 1 is 1.29 bits per heavy atom. The molecule has 1 atom stereocenters. The van der Waals surface area contributed by atoms with Gasteiger partial charge in [-0.3, -0.25) is 0 Å². The SMILES string of the molecule is CC(c1ccccc1)n1ccnc1Cl. The van der Waals surface area contributed by atoms with E-state index in [0.717, 1.165) is 0 Å². The second-order valence-corrected chi connectivity index (χ2v) is 3.53. The first kappa shape index (κ1) is 9.28. The van der Waals surface area contributed by atoms with Crippen LogP contribution in [0, 0.1) is 0 Å². The molecule has 2 nitrogen and oxygen atoms in total. The Kier molecular flexibility index (Phi) is 2.55. The number of rotatable bonds is 2. The lowest BCUT2D eigenvalue weighted by molar-refractivity contribution is 0.639. The van der Waals surface area contributed by atoms with Crippen molar-refractivity contribution in [1.29, 1.82) is 0 Å². The molecule has 0 aliphatic carbocycles. The molecule has 0 aliphatic heterocycles. The van der Waals surface area contributed by atoms with Gasteiger partial charge in [0.05, 0.1) is 6.04 Å². The van der Waals surface area contributed by atoms with Crippen LogP contribution in [0.3, 0.4) is 0 Å². The first-order chi connectivity index (χ1) is 6.79. The molecule has 3 heteroatoms. The number of halogens is 1. The van der Waals surface area contributed by atoms with Crippen molar-refractivity contribution in [3.05, 3.63) is 53.6 Å². The summed E-state index contributed by atoms with van der Waals surface area (Å²) in [5.74, 6) is 0. The Bertz CT molecular complexity index is 408. The summed E-state index contributed by atoms with van der Waals surface area (Å²) in [4.78, 5) is 3.99. The van der Waals surface area contributed by atoms with Crippen molar-refractivity contribution >= 4 is 11.6 Å². The molecule has 1 heterocycles. The molecule has 2 aromatic rings. The molecular weight excluding hydrogens is 196 g/mol. The molecule has 0 saturated heterocycles. The van der Waals surface area contributed by atoms with Crippen LogP contribution in [0.5, 0.6) is 0 Å². The van der Waals surface area contributed by atoms with Gasteiger partial charge in [-0.1, -0.05) is 30.3 Å². The second kappa shape index (κ2) is 3.84. The highest BCUT2D eigenvalue weighted by atomic mass is 35.5. The molecule has 0 amide bonds. The molecule has 0 radical (unpaired) electrons. The summed E-state index contributed by atoms with van der Waals surface area (Å²) in [5.41, 5.74) is 1.23. The molecule has 72 valence electrons. The fraction of sp³-hybridized carbons (Fsp3) is 0.182. The minimum Gasteiger partial charge on any atom is -0.315 e. The van der Waals surface area contributed by atoms with Crippen molar-refractivity contribution in [3.63, 3.8) is 0 Å². The molecule has 1 aromatic carbocycles. The van der Waals surface area contributed by atoms with Crippen LogP contribution in [0.25, 0.3) is 0 Å². The predicted octanol–water partition coefficient (Wildman–Crippen LogP) is 3.15. The molecule has 1 unspecified atom stereocenters. The van der Waals surface area contributed by atoms with Crippen LogP contribution in [0.1, 0.15) is 18.5 Å². The molecule has 0 spiro atoms. The van der Waals surface area contributed by atoms with E-state index in [1.807, 2.05) is 29.0 Å². The quantitative estimate of drug-likeness (QED) is 0.738. The van der Waals surface area contributed by atoms with Gasteiger partial charge in [0.15, 0.2) is 0 Å². The van der Waals surface area contributed by atoms with Crippen LogP contribution in [0.15, 0.2) is 42.7 Å². The van der Waals surface area contributed by atoms with E-state index in [-0.39, 0.29) is 6.04 Å². The van der Waals surface area contributed by atoms with Crippen molar-refractivity contribution in [2.75, 3.05) is 0 Å². The molecule has 0 saturated carbocycles. The number of nitrogens with zero attached hydrogens (tertiary/aromatic N) is 2. The summed E-state index contributed by atoms with van der Waals surface area (Å²) < 4.78 is 1.94. The third-order valence-electron chi connectivity index (χ3n) is 2.32. The van der Waals surface area contributed by atoms with Crippen LogP contribution in [0.4, 0.5) is 0 Å². The third kappa shape index (κ3) is 1.66. The average molecular weight is 207 g/mol. The topological polar surface area (TPSA) is 17.8 Å². The highest BCUT2D eigenvalue weighted by Gasteiger charge is 2.09. The predicted molar refractivity (Wildman–Crippen MR) is 57.5 cm³/mol. The van der Waals surface area contributed by atoms with E-state index < -0.39 is 0 Å². The normalized spacial score (nSPS) is 12.7.